The van der Waals surface area contributed by atoms with E-state index in [4.69, 9.17) is 0 Å². The Balaban J connectivity index is 1.74. The molecule has 1 amide bonds. The Kier molecular flexibility index (Phi) is 5.46. The van der Waals surface area contributed by atoms with Crippen molar-refractivity contribution in [3.8, 4) is 0 Å². The number of nitrogens with zero attached hydrogens (tertiary/aromatic N) is 2. The monoisotopic (exact) mass is 388 g/mol. The van der Waals surface area contributed by atoms with Crippen molar-refractivity contribution >= 4 is 29.0 Å². The molecule has 0 radical (unpaired) electrons. The number of amides is 1. The van der Waals surface area contributed by atoms with Crippen LogP contribution in [0.5, 0.6) is 0 Å². The molecule has 2 aromatic heterocycles. The molecular formula is C19H24N4O3S. The van der Waals surface area contributed by atoms with Crippen LogP contribution in [-0.4, -0.2) is 39.5 Å². The van der Waals surface area contributed by atoms with Gasteiger partial charge in [-0.05, 0) is 30.9 Å². The highest BCUT2D eigenvalue weighted by molar-refractivity contribution is 7.14. The minimum absolute atomic E-state index is 0.186. The third kappa shape index (κ3) is 3.95. The summed E-state index contributed by atoms with van der Waals surface area (Å²) in [5.41, 5.74) is 1.10. The maximum atomic E-state index is 12.5. The molecular weight excluding hydrogens is 364 g/mol. The predicted molar refractivity (Wildman–Crippen MR) is 104 cm³/mol. The van der Waals surface area contributed by atoms with Gasteiger partial charge in [-0.25, -0.2) is 14.8 Å². The van der Waals surface area contributed by atoms with Crippen LogP contribution in [0.3, 0.4) is 0 Å². The number of aromatic nitrogens is 2. The van der Waals surface area contributed by atoms with Crippen molar-refractivity contribution in [2.24, 2.45) is 5.92 Å². The molecule has 2 unspecified atom stereocenters. The van der Waals surface area contributed by atoms with E-state index >= 15 is 0 Å². The predicted octanol–water partition coefficient (Wildman–Crippen LogP) is 3.00. The number of hydrogen-bond donors (Lipinski definition) is 3. The first kappa shape index (κ1) is 19.3. The molecule has 0 spiro atoms. The second-order valence-corrected chi connectivity index (χ2v) is 8.35. The summed E-state index contributed by atoms with van der Waals surface area (Å²) in [6.07, 6.45) is 1.88. The fourth-order valence-electron chi connectivity index (χ4n) is 3.30. The Morgan fingerprint density at radius 3 is 2.74 bits per heavy atom. The van der Waals surface area contributed by atoms with Crippen molar-refractivity contribution in [3.05, 3.63) is 39.5 Å². The molecule has 0 fully saturated rings. The summed E-state index contributed by atoms with van der Waals surface area (Å²) in [6.45, 7) is 8.32. The third-order valence-electron chi connectivity index (χ3n) is 4.95. The highest BCUT2D eigenvalue weighted by Crippen LogP contribution is 2.41. The molecule has 0 saturated carbocycles. The van der Waals surface area contributed by atoms with Gasteiger partial charge in [0.15, 0.2) is 0 Å². The van der Waals surface area contributed by atoms with Crippen molar-refractivity contribution in [1.29, 1.82) is 0 Å². The zero-order valence-corrected chi connectivity index (χ0v) is 16.6. The topological polar surface area (TPSA) is 104 Å². The van der Waals surface area contributed by atoms with Gasteiger partial charge in [0.1, 0.15) is 17.7 Å². The largest absolute Gasteiger partial charge is 0.480 e. The van der Waals surface area contributed by atoms with Gasteiger partial charge in [0, 0.05) is 29.1 Å². The van der Waals surface area contributed by atoms with E-state index in [-0.39, 0.29) is 23.7 Å². The lowest BCUT2D eigenvalue weighted by Crippen LogP contribution is -2.44. The number of fused-ring (bicyclic) bond motifs is 1. The summed E-state index contributed by atoms with van der Waals surface area (Å²) in [4.78, 5) is 34.1. The van der Waals surface area contributed by atoms with Crippen molar-refractivity contribution < 1.29 is 14.7 Å². The Morgan fingerprint density at radius 1 is 1.33 bits per heavy atom. The molecule has 3 heterocycles. The van der Waals surface area contributed by atoms with E-state index in [1.165, 1.54) is 11.3 Å². The van der Waals surface area contributed by atoms with Crippen LogP contribution in [0.15, 0.2) is 18.3 Å². The molecule has 0 aromatic carbocycles. The number of hydrogen-bond acceptors (Lipinski definition) is 6. The molecule has 3 N–H and O–H groups in total. The number of aryl methyl sites for hydroxylation is 1. The zero-order chi connectivity index (χ0) is 19.7. The second kappa shape index (κ2) is 7.64. The normalized spacial score (nSPS) is 17.9. The van der Waals surface area contributed by atoms with Crippen molar-refractivity contribution in [1.82, 2.24) is 15.3 Å². The van der Waals surface area contributed by atoms with Crippen LogP contribution < -0.4 is 10.6 Å². The molecule has 1 aliphatic rings. The average molecular weight is 388 g/mol. The maximum Gasteiger partial charge on any atom is 0.326 e. The Morgan fingerprint density at radius 2 is 2.07 bits per heavy atom. The summed E-state index contributed by atoms with van der Waals surface area (Å²) in [6, 6.07) is 2.81. The molecule has 27 heavy (non-hydrogen) atoms. The lowest BCUT2D eigenvalue weighted by molar-refractivity contribution is -0.140. The minimum atomic E-state index is -1.02. The molecule has 3 atom stereocenters. The number of rotatable bonds is 6. The van der Waals surface area contributed by atoms with Crippen LogP contribution in [0.25, 0.3) is 0 Å². The highest BCUT2D eigenvalue weighted by Gasteiger charge is 2.31. The van der Waals surface area contributed by atoms with Gasteiger partial charge in [-0.15, -0.1) is 11.3 Å². The fraction of sp³-hybridized carbons (Fsp3) is 0.474. The smallest absolute Gasteiger partial charge is 0.326 e. The van der Waals surface area contributed by atoms with Gasteiger partial charge in [-0.3, -0.25) is 4.79 Å². The summed E-state index contributed by atoms with van der Waals surface area (Å²) in [7, 11) is 0. The number of nitrogens with one attached hydrogen (secondary N) is 2. The van der Waals surface area contributed by atoms with Crippen LogP contribution in [0.2, 0.25) is 0 Å². The van der Waals surface area contributed by atoms with E-state index in [2.05, 4.69) is 27.5 Å². The van der Waals surface area contributed by atoms with E-state index in [0.717, 1.165) is 28.6 Å². The number of carboxylic acid groups (broad SMARTS) is 1. The molecule has 8 heteroatoms. The first-order chi connectivity index (χ1) is 12.8. The SMILES string of the molecule is Cc1ncc2c(n1)NCC2C(C)c1ccc(C(=O)N[C@H](C(=O)O)C(C)C)s1. The van der Waals surface area contributed by atoms with Gasteiger partial charge < -0.3 is 15.7 Å². The van der Waals surface area contributed by atoms with Crippen molar-refractivity contribution in [2.45, 2.75) is 45.6 Å². The van der Waals surface area contributed by atoms with Gasteiger partial charge in [-0.2, -0.15) is 0 Å². The second-order valence-electron chi connectivity index (χ2n) is 7.23. The number of anilines is 1. The first-order valence-corrected chi connectivity index (χ1v) is 9.80. The van der Waals surface area contributed by atoms with Gasteiger partial charge in [-0.1, -0.05) is 20.8 Å². The minimum Gasteiger partial charge on any atom is -0.480 e. The Labute approximate surface area is 162 Å². The lowest BCUT2D eigenvalue weighted by atomic mass is 9.89. The summed E-state index contributed by atoms with van der Waals surface area (Å²) >= 11 is 1.41. The average Bonchev–Trinajstić information content (AvgIpc) is 3.25. The molecule has 7 nitrogen and oxygen atoms in total. The molecule has 2 aromatic rings. The summed E-state index contributed by atoms with van der Waals surface area (Å²) in [5.74, 6) is 0.498. The van der Waals surface area contributed by atoms with E-state index in [1.54, 1.807) is 19.9 Å². The van der Waals surface area contributed by atoms with Crippen LogP contribution >= 0.6 is 11.3 Å². The highest BCUT2D eigenvalue weighted by atomic mass is 32.1. The molecule has 1 aliphatic heterocycles. The van der Waals surface area contributed by atoms with E-state index in [1.807, 2.05) is 19.2 Å². The number of thiophene rings is 1. The standard InChI is InChI=1S/C19H24N4O3S/c1-9(2)16(19(25)26)23-18(24)15-6-5-14(27-15)10(3)12-7-21-17-13(12)8-20-11(4)22-17/h5-6,8-10,12,16H,7H2,1-4H3,(H,23,24)(H,25,26)(H,20,21,22)/t10?,12?,16-/m0/s1. The molecule has 144 valence electrons. The van der Waals surface area contributed by atoms with Crippen molar-refractivity contribution in [3.63, 3.8) is 0 Å². The zero-order valence-electron chi connectivity index (χ0n) is 15.8. The number of carboxylic acids is 1. The van der Waals surface area contributed by atoms with Gasteiger partial charge in [0.25, 0.3) is 5.91 Å². The van der Waals surface area contributed by atoms with Gasteiger partial charge in [0.05, 0.1) is 4.88 Å². The number of carbonyl (C=O) groups excluding carboxylic acids is 1. The Bertz CT molecular complexity index is 864. The molecule has 0 bridgehead atoms. The number of carbonyl (C=O) groups is 2. The van der Waals surface area contributed by atoms with E-state index in [9.17, 15) is 14.7 Å². The molecule has 0 aliphatic carbocycles. The summed E-state index contributed by atoms with van der Waals surface area (Å²) < 4.78 is 0. The lowest BCUT2D eigenvalue weighted by Gasteiger charge is -2.18. The third-order valence-corrected chi connectivity index (χ3v) is 6.23. The first-order valence-electron chi connectivity index (χ1n) is 8.98. The maximum absolute atomic E-state index is 12.5. The van der Waals surface area contributed by atoms with E-state index in [0.29, 0.717) is 4.88 Å². The summed E-state index contributed by atoms with van der Waals surface area (Å²) in [5, 5.41) is 15.2. The quantitative estimate of drug-likeness (QED) is 0.703. The van der Waals surface area contributed by atoms with Crippen LogP contribution in [0.4, 0.5) is 5.82 Å². The molecule has 3 rings (SSSR count). The Hall–Kier alpha value is -2.48. The van der Waals surface area contributed by atoms with Crippen LogP contribution in [0.1, 0.15) is 58.5 Å². The van der Waals surface area contributed by atoms with Gasteiger partial charge in [0.2, 0.25) is 0 Å². The van der Waals surface area contributed by atoms with Gasteiger partial charge >= 0.3 is 5.97 Å². The van der Waals surface area contributed by atoms with Crippen LogP contribution in [-0.2, 0) is 4.79 Å². The molecule has 0 saturated heterocycles. The number of aliphatic carboxylic acids is 1. The van der Waals surface area contributed by atoms with E-state index < -0.39 is 12.0 Å². The van der Waals surface area contributed by atoms with Crippen molar-refractivity contribution in [2.75, 3.05) is 11.9 Å². The fourth-order valence-corrected chi connectivity index (χ4v) is 4.33. The van der Waals surface area contributed by atoms with Crippen LogP contribution in [0, 0.1) is 12.8 Å².